The van der Waals surface area contributed by atoms with Crippen LogP contribution in [-0.2, 0) is 14.3 Å². The van der Waals surface area contributed by atoms with Gasteiger partial charge in [-0.25, -0.2) is 4.79 Å². The minimum atomic E-state index is -0.530. The van der Waals surface area contributed by atoms with Gasteiger partial charge >= 0.3 is 6.09 Å². The number of fused-ring (bicyclic) bond motifs is 1. The average molecular weight is 609 g/mol. The zero-order valence-corrected chi connectivity index (χ0v) is 26.3. The highest BCUT2D eigenvalue weighted by Crippen LogP contribution is 2.41. The summed E-state index contributed by atoms with van der Waals surface area (Å²) < 4.78 is 10.6. The maximum absolute atomic E-state index is 13.0. The van der Waals surface area contributed by atoms with Gasteiger partial charge in [0.25, 0.3) is 0 Å². The van der Waals surface area contributed by atoms with E-state index in [2.05, 4.69) is 27.9 Å². The van der Waals surface area contributed by atoms with Crippen LogP contribution in [0.15, 0.2) is 70.5 Å². The lowest BCUT2D eigenvalue weighted by Gasteiger charge is -2.40. The molecule has 0 saturated carbocycles. The van der Waals surface area contributed by atoms with Gasteiger partial charge in [0.15, 0.2) is 0 Å². The van der Waals surface area contributed by atoms with E-state index in [1.165, 1.54) is 7.11 Å². The van der Waals surface area contributed by atoms with Crippen LogP contribution in [0.5, 0.6) is 0 Å². The smallest absolute Gasteiger partial charge is 0.410 e. The third-order valence-electron chi connectivity index (χ3n) is 7.56. The van der Waals surface area contributed by atoms with E-state index in [0.717, 1.165) is 33.7 Å². The Kier molecular flexibility index (Phi) is 11.0. The number of rotatable bonds is 8. The molecule has 1 N–H and O–H groups in total. The maximum Gasteiger partial charge on any atom is 0.410 e. The molecule has 0 spiro atoms. The van der Waals surface area contributed by atoms with E-state index in [9.17, 15) is 9.59 Å². The number of piperazine rings is 1. The van der Waals surface area contributed by atoms with Gasteiger partial charge in [0, 0.05) is 57.3 Å². The highest BCUT2D eigenvalue weighted by molar-refractivity contribution is 6.30. The molecule has 0 unspecified atom stereocenters. The first-order chi connectivity index (χ1) is 20.7. The molecule has 2 atom stereocenters. The van der Waals surface area contributed by atoms with E-state index in [-0.39, 0.29) is 30.8 Å². The number of carbonyl (C=O) groups is 2. The number of hydrogen-bond acceptors (Lipinski definition) is 8. The molecule has 2 aliphatic heterocycles. The van der Waals surface area contributed by atoms with Gasteiger partial charge in [-0.1, -0.05) is 30.3 Å². The standard InChI is InChI=1S/C32H41ClN6O4/c1-7-22-17-26(30(36-28(40)19-42-6)27-11-12-34-20-37(27)5)25-18-23(33)9-10-24(25)31(29(22)35-8-2)38-13-15-39(16-14-38)32(41)43-21(3)4/h7-11,17-18,20-21,30-31H,2,12-16,19H2,1,3-6H3,(H,36,40)/b22-7-,35-29?/t30-,31+/m1/s1. The van der Waals surface area contributed by atoms with E-state index >= 15 is 0 Å². The fraction of sp³-hybridized carbons (Fsp3) is 0.438. The summed E-state index contributed by atoms with van der Waals surface area (Å²) in [5.74, 6) is -0.249. The number of methoxy groups -OCH3 is 1. The van der Waals surface area contributed by atoms with Crippen LogP contribution in [0.25, 0.3) is 5.57 Å². The molecule has 2 amide bonds. The summed E-state index contributed by atoms with van der Waals surface area (Å²) >= 11 is 6.65. The molecule has 10 nitrogen and oxygen atoms in total. The Balaban J connectivity index is 1.84. The van der Waals surface area contributed by atoms with Crippen molar-refractivity contribution in [2.45, 2.75) is 39.0 Å². The van der Waals surface area contributed by atoms with Crippen molar-refractivity contribution in [3.05, 3.63) is 76.6 Å². The van der Waals surface area contributed by atoms with Crippen LogP contribution in [0.4, 0.5) is 4.79 Å². The summed E-state index contributed by atoms with van der Waals surface area (Å²) in [4.78, 5) is 40.8. The number of benzene rings is 1. The zero-order chi connectivity index (χ0) is 31.1. The summed E-state index contributed by atoms with van der Waals surface area (Å²) in [6.45, 7) is 12.3. The Labute approximate surface area is 259 Å². The van der Waals surface area contributed by atoms with Crippen molar-refractivity contribution in [1.29, 1.82) is 0 Å². The summed E-state index contributed by atoms with van der Waals surface area (Å²) in [6, 6.07) is 5.07. The highest BCUT2D eigenvalue weighted by Gasteiger charge is 2.37. The van der Waals surface area contributed by atoms with Gasteiger partial charge in [-0.05, 0) is 67.3 Å². The highest BCUT2D eigenvalue weighted by atomic mass is 35.5. The van der Waals surface area contributed by atoms with Crippen molar-refractivity contribution >= 4 is 41.2 Å². The summed E-state index contributed by atoms with van der Waals surface area (Å²) in [7, 11) is 3.41. The van der Waals surface area contributed by atoms with Crippen LogP contribution >= 0.6 is 11.6 Å². The van der Waals surface area contributed by atoms with Crippen LogP contribution < -0.4 is 5.32 Å². The minimum Gasteiger partial charge on any atom is -0.447 e. The number of likely N-dealkylation sites (N-methyl/N-ethyl adjacent to an activating group) is 1. The molecular formula is C32H41ClN6O4. The predicted octanol–water partition coefficient (Wildman–Crippen LogP) is 4.46. The molecule has 1 aliphatic carbocycles. The number of carbonyl (C=O) groups excluding carboxylic acids is 2. The molecule has 1 aromatic rings. The van der Waals surface area contributed by atoms with Gasteiger partial charge in [0.1, 0.15) is 6.61 Å². The topological polar surface area (TPSA) is 99.1 Å². The van der Waals surface area contributed by atoms with Crippen LogP contribution in [0.2, 0.25) is 5.02 Å². The summed E-state index contributed by atoms with van der Waals surface area (Å²) in [5, 5.41) is 3.76. The molecule has 3 aliphatic rings. The van der Waals surface area contributed by atoms with Gasteiger partial charge in [-0.15, -0.1) is 0 Å². The van der Waals surface area contributed by atoms with Crippen molar-refractivity contribution in [3.8, 4) is 0 Å². The fourth-order valence-electron chi connectivity index (χ4n) is 5.66. The molecule has 0 aromatic heterocycles. The normalized spacial score (nSPS) is 21.7. The van der Waals surface area contributed by atoms with Crippen LogP contribution in [0.3, 0.4) is 0 Å². The second-order valence-corrected chi connectivity index (χ2v) is 11.2. The molecule has 1 fully saturated rings. The lowest BCUT2D eigenvalue weighted by molar-refractivity contribution is -0.124. The molecule has 0 radical (unpaired) electrons. The van der Waals surface area contributed by atoms with Gasteiger partial charge in [-0.3, -0.25) is 19.7 Å². The monoisotopic (exact) mass is 608 g/mol. The van der Waals surface area contributed by atoms with Gasteiger partial charge in [-0.2, -0.15) is 0 Å². The molecule has 11 heteroatoms. The number of amides is 2. The van der Waals surface area contributed by atoms with Gasteiger partial charge in [0.2, 0.25) is 5.91 Å². The minimum absolute atomic E-state index is 0.0803. The number of halogens is 1. The molecule has 230 valence electrons. The molecule has 2 heterocycles. The predicted molar refractivity (Wildman–Crippen MR) is 171 cm³/mol. The number of nitrogens with one attached hydrogen (secondary N) is 1. The van der Waals surface area contributed by atoms with Crippen LogP contribution in [0.1, 0.15) is 37.9 Å². The maximum atomic E-state index is 13.0. The molecule has 43 heavy (non-hydrogen) atoms. The van der Waals surface area contributed by atoms with E-state index in [1.807, 2.05) is 63.1 Å². The van der Waals surface area contributed by atoms with Gasteiger partial charge in [0.05, 0.1) is 36.8 Å². The Morgan fingerprint density at radius 2 is 2.00 bits per heavy atom. The van der Waals surface area contributed by atoms with Crippen LogP contribution in [0, 0.1) is 0 Å². The molecule has 4 rings (SSSR count). The number of allylic oxidation sites excluding steroid dienone is 2. The quantitative estimate of drug-likeness (QED) is 0.468. The number of aliphatic imine (C=N–C) groups is 2. The van der Waals surface area contributed by atoms with Crippen molar-refractivity contribution in [2.24, 2.45) is 9.98 Å². The number of hydrogen-bond donors (Lipinski definition) is 1. The Bertz CT molecular complexity index is 1370. The fourth-order valence-corrected chi connectivity index (χ4v) is 5.83. The average Bonchev–Trinajstić information content (AvgIpc) is 3.10. The SMILES string of the molecule is C=CN=C1/C(=C\C)C=C([C@@H](NC(=O)COC)C2=CCN=CN2C)c2cc(Cl)ccc2[C@@H]1N1CCN(C(=O)OC(C)C)CC1. The second-order valence-electron chi connectivity index (χ2n) is 10.8. The number of ether oxygens (including phenoxy) is 2. The number of nitrogens with zero attached hydrogens (tertiary/aromatic N) is 5. The lowest BCUT2D eigenvalue weighted by atomic mass is 9.89. The van der Waals surface area contributed by atoms with E-state index < -0.39 is 6.04 Å². The first-order valence-electron chi connectivity index (χ1n) is 14.5. The van der Waals surface area contributed by atoms with E-state index in [1.54, 1.807) is 17.4 Å². The third-order valence-corrected chi connectivity index (χ3v) is 7.79. The Hall–Kier alpha value is -3.73. The zero-order valence-electron chi connectivity index (χ0n) is 25.5. The van der Waals surface area contributed by atoms with Crippen molar-refractivity contribution in [2.75, 3.05) is 53.5 Å². The van der Waals surface area contributed by atoms with Crippen LogP contribution in [-0.4, -0.2) is 104 Å². The second kappa shape index (κ2) is 14.6. The van der Waals surface area contributed by atoms with E-state index in [4.69, 9.17) is 26.1 Å². The van der Waals surface area contributed by atoms with Crippen molar-refractivity contribution < 1.29 is 19.1 Å². The first kappa shape index (κ1) is 32.2. The molecular weight excluding hydrogens is 568 g/mol. The van der Waals surface area contributed by atoms with Crippen molar-refractivity contribution in [3.63, 3.8) is 0 Å². The molecule has 1 saturated heterocycles. The van der Waals surface area contributed by atoms with E-state index in [0.29, 0.717) is 37.7 Å². The lowest BCUT2D eigenvalue weighted by Crippen LogP contribution is -2.51. The third kappa shape index (κ3) is 7.44. The van der Waals surface area contributed by atoms with Crippen molar-refractivity contribution in [1.82, 2.24) is 20.0 Å². The first-order valence-corrected chi connectivity index (χ1v) is 14.8. The summed E-state index contributed by atoms with van der Waals surface area (Å²) in [5.41, 5.74) is 5.35. The summed E-state index contributed by atoms with van der Waals surface area (Å²) in [6.07, 6.45) is 8.94. The Morgan fingerprint density at radius 1 is 1.26 bits per heavy atom. The Morgan fingerprint density at radius 3 is 2.63 bits per heavy atom. The molecule has 0 bridgehead atoms. The molecule has 1 aromatic carbocycles. The largest absolute Gasteiger partial charge is 0.447 e. The van der Waals surface area contributed by atoms with Gasteiger partial charge < -0.3 is 24.6 Å².